The molecule has 1 heterocycles. The van der Waals surface area contributed by atoms with Crippen molar-refractivity contribution in [2.75, 3.05) is 5.73 Å². The van der Waals surface area contributed by atoms with E-state index in [1.54, 1.807) is 0 Å². The number of nitrogens with zero attached hydrogens (tertiary/aromatic N) is 1. The predicted molar refractivity (Wildman–Crippen MR) is 69.4 cm³/mol. The van der Waals surface area contributed by atoms with Crippen molar-refractivity contribution < 1.29 is 8.78 Å². The monoisotopic (exact) mass is 262 g/mol. The number of benzene rings is 2. The van der Waals surface area contributed by atoms with Crippen LogP contribution in [0.2, 0.25) is 0 Å². The van der Waals surface area contributed by atoms with Gasteiger partial charge in [-0.2, -0.15) is 0 Å². The molecule has 18 heavy (non-hydrogen) atoms. The first-order valence-corrected chi connectivity index (χ1v) is 6.07. The number of nitrogens with two attached hydrogens (primary N) is 1. The first-order chi connectivity index (χ1) is 8.65. The van der Waals surface area contributed by atoms with Gasteiger partial charge in [-0.1, -0.05) is 12.1 Å². The molecule has 0 atom stereocenters. The molecule has 5 heteroatoms. The molecule has 0 aliphatic rings. The molecule has 0 saturated heterocycles. The quantitative estimate of drug-likeness (QED) is 0.677. The Morgan fingerprint density at radius 2 is 1.83 bits per heavy atom. The van der Waals surface area contributed by atoms with E-state index in [0.29, 0.717) is 5.01 Å². The van der Waals surface area contributed by atoms with E-state index < -0.39 is 11.6 Å². The summed E-state index contributed by atoms with van der Waals surface area (Å²) in [4.78, 5) is 4.32. The number of thiazole rings is 1. The zero-order valence-corrected chi connectivity index (χ0v) is 9.97. The Kier molecular flexibility index (Phi) is 2.48. The highest BCUT2D eigenvalue weighted by Gasteiger charge is 2.13. The van der Waals surface area contributed by atoms with Crippen LogP contribution in [0, 0.1) is 11.6 Å². The highest BCUT2D eigenvalue weighted by atomic mass is 32.1. The molecule has 2 N–H and O–H groups in total. The van der Waals surface area contributed by atoms with Crippen LogP contribution in [0.3, 0.4) is 0 Å². The van der Waals surface area contributed by atoms with Crippen LogP contribution in [0.5, 0.6) is 0 Å². The van der Waals surface area contributed by atoms with E-state index >= 15 is 0 Å². The third-order valence-corrected chi connectivity index (χ3v) is 3.68. The molecule has 0 fully saturated rings. The summed E-state index contributed by atoms with van der Waals surface area (Å²) in [7, 11) is 0. The van der Waals surface area contributed by atoms with Crippen LogP contribution in [0.25, 0.3) is 20.8 Å². The first kappa shape index (κ1) is 11.1. The van der Waals surface area contributed by atoms with E-state index in [1.807, 2.05) is 24.3 Å². The minimum absolute atomic E-state index is 0.0781. The molecule has 0 unspecified atom stereocenters. The molecule has 0 bridgehead atoms. The van der Waals surface area contributed by atoms with Crippen LogP contribution in [-0.4, -0.2) is 4.98 Å². The van der Waals surface area contributed by atoms with Crippen LogP contribution >= 0.6 is 11.3 Å². The number of anilines is 1. The largest absolute Gasteiger partial charge is 0.396 e. The zero-order chi connectivity index (χ0) is 12.7. The lowest BCUT2D eigenvalue weighted by Gasteiger charge is -2.01. The second-order valence-corrected chi connectivity index (χ2v) is 4.87. The standard InChI is InChI=1S/C13H8F2N2S/c14-8-6-9(15)10(16)5-7(8)13-17-11-3-1-2-4-12(11)18-13/h1-6H,16H2. The fourth-order valence-corrected chi connectivity index (χ4v) is 2.70. The summed E-state index contributed by atoms with van der Waals surface area (Å²) in [6, 6.07) is 9.57. The molecule has 2 aromatic carbocycles. The topological polar surface area (TPSA) is 38.9 Å². The van der Waals surface area contributed by atoms with Crippen molar-refractivity contribution in [3.8, 4) is 10.6 Å². The van der Waals surface area contributed by atoms with Gasteiger partial charge in [0.15, 0.2) is 0 Å². The molecule has 90 valence electrons. The number of nitrogen functional groups attached to an aromatic ring is 1. The molecule has 0 amide bonds. The van der Waals surface area contributed by atoms with Crippen molar-refractivity contribution in [3.05, 3.63) is 48.0 Å². The minimum Gasteiger partial charge on any atom is -0.396 e. The van der Waals surface area contributed by atoms with Crippen LogP contribution in [0.4, 0.5) is 14.5 Å². The molecule has 0 aliphatic heterocycles. The van der Waals surface area contributed by atoms with Gasteiger partial charge >= 0.3 is 0 Å². The van der Waals surface area contributed by atoms with Crippen molar-refractivity contribution in [1.29, 1.82) is 0 Å². The summed E-state index contributed by atoms with van der Waals surface area (Å²) in [6.07, 6.45) is 0. The lowest BCUT2D eigenvalue weighted by molar-refractivity contribution is 0.588. The van der Waals surface area contributed by atoms with Gasteiger partial charge in [-0.25, -0.2) is 13.8 Å². The number of hydrogen-bond donors (Lipinski definition) is 1. The summed E-state index contributed by atoms with van der Waals surface area (Å²) in [5.74, 6) is -1.40. The molecular formula is C13H8F2N2S. The van der Waals surface area contributed by atoms with Crippen LogP contribution in [0.15, 0.2) is 36.4 Å². The number of halogens is 2. The van der Waals surface area contributed by atoms with Crippen molar-refractivity contribution in [2.24, 2.45) is 0 Å². The minimum atomic E-state index is -0.752. The Balaban J connectivity index is 2.22. The third-order valence-electron chi connectivity index (χ3n) is 2.61. The van der Waals surface area contributed by atoms with Crippen molar-refractivity contribution in [1.82, 2.24) is 4.98 Å². The Labute approximate surface area is 106 Å². The van der Waals surface area contributed by atoms with Gasteiger partial charge in [-0.15, -0.1) is 11.3 Å². The fraction of sp³-hybridized carbons (Fsp3) is 0. The highest BCUT2D eigenvalue weighted by Crippen LogP contribution is 2.33. The van der Waals surface area contributed by atoms with Gasteiger partial charge in [0.25, 0.3) is 0 Å². The molecule has 3 rings (SSSR count). The van der Waals surface area contributed by atoms with Gasteiger partial charge in [-0.3, -0.25) is 0 Å². The lowest BCUT2D eigenvalue weighted by Crippen LogP contribution is -1.94. The molecule has 1 aromatic heterocycles. The number of rotatable bonds is 1. The average molecular weight is 262 g/mol. The molecule has 0 saturated carbocycles. The molecule has 0 radical (unpaired) electrons. The van der Waals surface area contributed by atoms with E-state index in [9.17, 15) is 8.78 Å². The maximum Gasteiger partial charge on any atom is 0.149 e. The Bertz CT molecular complexity index is 704. The molecule has 2 nitrogen and oxygen atoms in total. The van der Waals surface area contributed by atoms with E-state index in [0.717, 1.165) is 16.3 Å². The van der Waals surface area contributed by atoms with Gasteiger partial charge in [-0.05, 0) is 18.2 Å². The van der Waals surface area contributed by atoms with Gasteiger partial charge in [0.1, 0.15) is 16.6 Å². The fourth-order valence-electron chi connectivity index (χ4n) is 1.72. The maximum absolute atomic E-state index is 13.7. The highest BCUT2D eigenvalue weighted by molar-refractivity contribution is 7.21. The Morgan fingerprint density at radius 3 is 2.61 bits per heavy atom. The summed E-state index contributed by atoms with van der Waals surface area (Å²) in [5.41, 5.74) is 6.40. The number of fused-ring (bicyclic) bond motifs is 1. The average Bonchev–Trinajstić information content (AvgIpc) is 2.77. The van der Waals surface area contributed by atoms with Gasteiger partial charge in [0.2, 0.25) is 0 Å². The van der Waals surface area contributed by atoms with Crippen molar-refractivity contribution >= 4 is 27.2 Å². The van der Waals surface area contributed by atoms with Crippen LogP contribution in [0.1, 0.15) is 0 Å². The molecule has 0 aliphatic carbocycles. The summed E-state index contributed by atoms with van der Waals surface area (Å²) in [6.45, 7) is 0. The van der Waals surface area contributed by atoms with E-state index in [1.165, 1.54) is 17.4 Å². The smallest absolute Gasteiger partial charge is 0.149 e. The number of para-hydroxylation sites is 1. The Morgan fingerprint density at radius 1 is 1.06 bits per heavy atom. The lowest BCUT2D eigenvalue weighted by atomic mass is 10.2. The van der Waals surface area contributed by atoms with Gasteiger partial charge in [0, 0.05) is 11.6 Å². The van der Waals surface area contributed by atoms with Gasteiger partial charge in [0.05, 0.1) is 15.9 Å². The Hall–Kier alpha value is -2.01. The second kappa shape index (κ2) is 4.03. The van der Waals surface area contributed by atoms with Crippen LogP contribution in [-0.2, 0) is 0 Å². The van der Waals surface area contributed by atoms with Crippen molar-refractivity contribution in [2.45, 2.75) is 0 Å². The van der Waals surface area contributed by atoms with E-state index in [4.69, 9.17) is 5.73 Å². The van der Waals surface area contributed by atoms with Gasteiger partial charge < -0.3 is 5.73 Å². The van der Waals surface area contributed by atoms with Crippen LogP contribution < -0.4 is 5.73 Å². The molecule has 3 aromatic rings. The van der Waals surface area contributed by atoms with E-state index in [2.05, 4.69) is 4.98 Å². The number of hydrogen-bond acceptors (Lipinski definition) is 3. The summed E-state index contributed by atoms with van der Waals surface area (Å²) >= 11 is 1.35. The van der Waals surface area contributed by atoms with E-state index in [-0.39, 0.29) is 11.3 Å². The SMILES string of the molecule is Nc1cc(-c2nc3ccccc3s2)c(F)cc1F. The normalized spacial score (nSPS) is 11.0. The third kappa shape index (κ3) is 1.73. The molecule has 0 spiro atoms. The molecular weight excluding hydrogens is 254 g/mol. The van der Waals surface area contributed by atoms with Crippen molar-refractivity contribution in [3.63, 3.8) is 0 Å². The summed E-state index contributed by atoms with van der Waals surface area (Å²) < 4.78 is 27.8. The predicted octanol–water partition coefficient (Wildman–Crippen LogP) is 3.82. The zero-order valence-electron chi connectivity index (χ0n) is 9.15. The first-order valence-electron chi connectivity index (χ1n) is 5.25. The number of aromatic nitrogens is 1. The summed E-state index contributed by atoms with van der Waals surface area (Å²) in [5, 5.41) is 0.500. The second-order valence-electron chi connectivity index (χ2n) is 3.84. The maximum atomic E-state index is 13.7.